The first kappa shape index (κ1) is 23.6. The van der Waals surface area contributed by atoms with Gasteiger partial charge in [-0.15, -0.1) is 10.2 Å². The van der Waals surface area contributed by atoms with Gasteiger partial charge in [0.05, 0.1) is 24.2 Å². The number of ether oxygens (including phenoxy) is 1. The summed E-state index contributed by atoms with van der Waals surface area (Å²) in [7, 11) is 0. The van der Waals surface area contributed by atoms with Gasteiger partial charge in [-0.25, -0.2) is 0 Å². The summed E-state index contributed by atoms with van der Waals surface area (Å²) in [5, 5.41) is 12.3. The molecule has 2 aromatic heterocycles. The highest BCUT2D eigenvalue weighted by Crippen LogP contribution is 2.30. The fraction of sp³-hybridized carbons (Fsp3) is 0.480. The predicted octanol–water partition coefficient (Wildman–Crippen LogP) is 4.66. The molecule has 1 aliphatic heterocycles. The number of hydrogen-bond acceptors (Lipinski definition) is 6. The molecule has 8 heteroatoms. The lowest BCUT2D eigenvalue weighted by atomic mass is 9.87. The molecule has 0 aliphatic carbocycles. The zero-order chi connectivity index (χ0) is 23.4. The van der Waals surface area contributed by atoms with Crippen molar-refractivity contribution in [2.45, 2.75) is 69.0 Å². The van der Waals surface area contributed by atoms with Crippen molar-refractivity contribution in [3.05, 3.63) is 54.0 Å². The summed E-state index contributed by atoms with van der Waals surface area (Å²) >= 11 is 1.40. The summed E-state index contributed by atoms with van der Waals surface area (Å²) in [5.74, 6) is 1.53. The first-order chi connectivity index (χ1) is 15.8. The van der Waals surface area contributed by atoms with Gasteiger partial charge in [-0.3, -0.25) is 9.36 Å². The molecular weight excluding hydrogens is 436 g/mol. The molecule has 1 aliphatic rings. The van der Waals surface area contributed by atoms with Crippen LogP contribution in [0.5, 0.6) is 0 Å². The van der Waals surface area contributed by atoms with E-state index in [1.165, 1.54) is 17.3 Å². The Morgan fingerprint density at radius 2 is 2.03 bits per heavy atom. The molecule has 0 radical (unpaired) electrons. The Bertz CT molecular complexity index is 1050. The minimum absolute atomic E-state index is 0.0286. The van der Waals surface area contributed by atoms with Gasteiger partial charge in [0.25, 0.3) is 0 Å². The zero-order valence-corrected chi connectivity index (χ0v) is 20.5. The third-order valence-electron chi connectivity index (χ3n) is 5.80. The Labute approximate surface area is 199 Å². The number of amides is 1. The third kappa shape index (κ3) is 5.86. The topological polar surface area (TPSA) is 82.2 Å². The number of aromatic nitrogens is 3. The Balaban J connectivity index is 1.53. The second-order valence-electron chi connectivity index (χ2n) is 9.44. The molecule has 4 rings (SSSR count). The average molecular weight is 469 g/mol. The first-order valence-corrected chi connectivity index (χ1v) is 12.3. The maximum atomic E-state index is 12.7. The quantitative estimate of drug-likeness (QED) is 0.484. The molecule has 3 aromatic rings. The van der Waals surface area contributed by atoms with Crippen LogP contribution in [0.15, 0.2) is 52.2 Å². The van der Waals surface area contributed by atoms with Crippen LogP contribution in [0.4, 0.5) is 0 Å². The van der Waals surface area contributed by atoms with Crippen LogP contribution >= 0.6 is 11.8 Å². The summed E-state index contributed by atoms with van der Waals surface area (Å²) in [4.78, 5) is 12.7. The van der Waals surface area contributed by atoms with Crippen molar-refractivity contribution in [2.24, 2.45) is 0 Å². The van der Waals surface area contributed by atoms with Crippen LogP contribution in [0.1, 0.15) is 51.9 Å². The highest BCUT2D eigenvalue weighted by molar-refractivity contribution is 8.00. The monoisotopic (exact) mass is 468 g/mol. The van der Waals surface area contributed by atoms with Crippen molar-refractivity contribution in [2.75, 3.05) is 13.2 Å². The minimum atomic E-state index is -0.318. The molecule has 3 heterocycles. The van der Waals surface area contributed by atoms with Crippen LogP contribution in [0.2, 0.25) is 0 Å². The molecular formula is C25H32N4O3S. The van der Waals surface area contributed by atoms with E-state index < -0.39 is 0 Å². The van der Waals surface area contributed by atoms with Crippen LogP contribution in [0.3, 0.4) is 0 Å². The van der Waals surface area contributed by atoms with Crippen LogP contribution in [0, 0.1) is 0 Å². The van der Waals surface area contributed by atoms with Crippen LogP contribution in [-0.2, 0) is 21.5 Å². The van der Waals surface area contributed by atoms with Crippen molar-refractivity contribution in [3.8, 4) is 11.4 Å². The lowest BCUT2D eigenvalue weighted by Gasteiger charge is -2.19. The first-order valence-electron chi connectivity index (χ1n) is 11.4. The van der Waals surface area contributed by atoms with E-state index in [4.69, 9.17) is 9.15 Å². The fourth-order valence-electron chi connectivity index (χ4n) is 3.78. The number of rotatable bonds is 8. The molecule has 1 saturated heterocycles. The van der Waals surface area contributed by atoms with Crippen molar-refractivity contribution >= 4 is 17.7 Å². The SMILES string of the molecule is C[C@H](Sc1nnc(-c2ccc(C(C)(C)C)cc2)n1Cc1ccco1)C(=O)NC[C@H]1CCCO1. The van der Waals surface area contributed by atoms with E-state index in [-0.39, 0.29) is 22.7 Å². The Morgan fingerprint density at radius 1 is 1.24 bits per heavy atom. The van der Waals surface area contributed by atoms with Gasteiger partial charge in [0.2, 0.25) is 5.91 Å². The summed E-state index contributed by atoms with van der Waals surface area (Å²) < 4.78 is 13.2. The molecule has 7 nitrogen and oxygen atoms in total. The summed E-state index contributed by atoms with van der Waals surface area (Å²) in [6, 6.07) is 12.2. The average Bonchev–Trinajstić information content (AvgIpc) is 3.55. The van der Waals surface area contributed by atoms with E-state index in [1.807, 2.05) is 23.6 Å². The molecule has 2 atom stereocenters. The van der Waals surface area contributed by atoms with E-state index in [1.54, 1.807) is 6.26 Å². The van der Waals surface area contributed by atoms with Gasteiger partial charge in [-0.05, 0) is 42.9 Å². The number of hydrogen-bond donors (Lipinski definition) is 1. The van der Waals surface area contributed by atoms with Crippen LogP contribution in [-0.4, -0.2) is 45.2 Å². The lowest BCUT2D eigenvalue weighted by molar-refractivity contribution is -0.120. The maximum Gasteiger partial charge on any atom is 0.233 e. The van der Waals surface area contributed by atoms with E-state index in [0.29, 0.717) is 18.2 Å². The number of furan rings is 1. The Hall–Kier alpha value is -2.58. The van der Waals surface area contributed by atoms with Crippen molar-refractivity contribution in [3.63, 3.8) is 0 Å². The summed E-state index contributed by atoms with van der Waals surface area (Å²) in [6.07, 6.45) is 3.83. The molecule has 33 heavy (non-hydrogen) atoms. The summed E-state index contributed by atoms with van der Waals surface area (Å²) in [5.41, 5.74) is 2.31. The zero-order valence-electron chi connectivity index (χ0n) is 19.7. The molecule has 176 valence electrons. The summed E-state index contributed by atoms with van der Waals surface area (Å²) in [6.45, 7) is 10.3. The van der Waals surface area contributed by atoms with Gasteiger partial charge >= 0.3 is 0 Å². The van der Waals surface area contributed by atoms with E-state index in [0.717, 1.165) is 36.6 Å². The normalized spacial score (nSPS) is 17.3. The minimum Gasteiger partial charge on any atom is -0.467 e. The smallest absolute Gasteiger partial charge is 0.233 e. The molecule has 1 amide bonds. The van der Waals surface area contributed by atoms with E-state index in [9.17, 15) is 4.79 Å². The second-order valence-corrected chi connectivity index (χ2v) is 10.7. The number of carbonyl (C=O) groups excluding carboxylic acids is 1. The molecule has 0 saturated carbocycles. The van der Waals surface area contributed by atoms with Crippen molar-refractivity contribution in [1.82, 2.24) is 20.1 Å². The van der Waals surface area contributed by atoms with Crippen molar-refractivity contribution in [1.29, 1.82) is 0 Å². The van der Waals surface area contributed by atoms with Gasteiger partial charge < -0.3 is 14.5 Å². The van der Waals surface area contributed by atoms with E-state index >= 15 is 0 Å². The predicted molar refractivity (Wildman–Crippen MR) is 129 cm³/mol. The lowest BCUT2D eigenvalue weighted by Crippen LogP contribution is -2.36. The Morgan fingerprint density at radius 3 is 2.67 bits per heavy atom. The number of benzene rings is 1. The molecule has 1 N–H and O–H groups in total. The number of carbonyl (C=O) groups is 1. The van der Waals surface area contributed by atoms with Gasteiger partial charge in [0, 0.05) is 18.7 Å². The second kappa shape index (κ2) is 10.1. The van der Waals surface area contributed by atoms with Gasteiger partial charge in [0.15, 0.2) is 11.0 Å². The molecule has 0 unspecified atom stereocenters. The standard InChI is InChI=1S/C25H32N4O3S/c1-17(23(30)26-15-20-7-5-13-31-20)33-24-28-27-22(29(24)16-21-8-6-14-32-21)18-9-11-19(12-10-18)25(2,3)4/h6,8-12,14,17,20H,5,7,13,15-16H2,1-4H3,(H,26,30)/t17-,20+/m0/s1. The Kier molecular flexibility index (Phi) is 7.24. The third-order valence-corrected chi connectivity index (χ3v) is 6.88. The van der Waals surface area contributed by atoms with Gasteiger partial charge in [-0.2, -0.15) is 0 Å². The molecule has 1 aromatic carbocycles. The fourth-order valence-corrected chi connectivity index (χ4v) is 4.66. The highest BCUT2D eigenvalue weighted by Gasteiger charge is 2.23. The van der Waals surface area contributed by atoms with E-state index in [2.05, 4.69) is 60.6 Å². The largest absolute Gasteiger partial charge is 0.467 e. The van der Waals surface area contributed by atoms with Crippen molar-refractivity contribution < 1.29 is 13.9 Å². The highest BCUT2D eigenvalue weighted by atomic mass is 32.2. The molecule has 0 bridgehead atoms. The van der Waals surface area contributed by atoms with Gasteiger partial charge in [-0.1, -0.05) is 56.8 Å². The molecule has 0 spiro atoms. The molecule has 1 fully saturated rings. The van der Waals surface area contributed by atoms with Crippen LogP contribution in [0.25, 0.3) is 11.4 Å². The maximum absolute atomic E-state index is 12.7. The number of nitrogens with one attached hydrogen (secondary N) is 1. The van der Waals surface area contributed by atoms with Crippen LogP contribution < -0.4 is 5.32 Å². The van der Waals surface area contributed by atoms with Gasteiger partial charge in [0.1, 0.15) is 5.76 Å². The number of thioether (sulfide) groups is 1. The number of nitrogens with zero attached hydrogens (tertiary/aromatic N) is 3.